The second-order valence-corrected chi connectivity index (χ2v) is 5.43. The van der Waals surface area contributed by atoms with Gasteiger partial charge in [0.2, 0.25) is 0 Å². The van der Waals surface area contributed by atoms with E-state index < -0.39 is 6.10 Å². The molecule has 1 aliphatic heterocycles. The second-order valence-electron chi connectivity index (χ2n) is 5.43. The lowest BCUT2D eigenvalue weighted by atomic mass is 10.1. The van der Waals surface area contributed by atoms with E-state index >= 15 is 0 Å². The molecule has 4 nitrogen and oxygen atoms in total. The van der Waals surface area contributed by atoms with Gasteiger partial charge in [0.05, 0.1) is 35.1 Å². The Bertz CT molecular complexity index is 612. The predicted octanol–water partition coefficient (Wildman–Crippen LogP) is 3.11. The van der Waals surface area contributed by atoms with Crippen molar-refractivity contribution in [1.29, 1.82) is 0 Å². The van der Waals surface area contributed by atoms with Gasteiger partial charge in [-0.2, -0.15) is 0 Å². The quantitative estimate of drug-likeness (QED) is 0.939. The number of aromatic nitrogens is 1. The normalized spacial score (nSPS) is 15.8. The van der Waals surface area contributed by atoms with Crippen LogP contribution in [0.4, 0.5) is 17.1 Å². The molecule has 1 unspecified atom stereocenters. The standard InChI is InChI=1S/C17H21N3O/c1-3-17(21)14-9-8-13(12-18-14)20-11-10-19(2)15-6-4-5-7-16(15)20/h4-9,12,17,21H,3,10-11H2,1-2H3. The molecule has 2 aromatic rings. The summed E-state index contributed by atoms with van der Waals surface area (Å²) in [5.74, 6) is 0. The first-order valence-electron chi connectivity index (χ1n) is 7.42. The third kappa shape index (κ3) is 2.59. The molecule has 3 rings (SSSR count). The van der Waals surface area contributed by atoms with Gasteiger partial charge >= 0.3 is 0 Å². The molecule has 0 bridgehead atoms. The van der Waals surface area contributed by atoms with E-state index in [0.717, 1.165) is 24.5 Å². The minimum atomic E-state index is -0.473. The maximum absolute atomic E-state index is 9.84. The van der Waals surface area contributed by atoms with E-state index in [4.69, 9.17) is 0 Å². The summed E-state index contributed by atoms with van der Waals surface area (Å²) in [4.78, 5) is 8.97. The maximum atomic E-state index is 9.84. The van der Waals surface area contributed by atoms with Crippen LogP contribution in [0.3, 0.4) is 0 Å². The highest BCUT2D eigenvalue weighted by molar-refractivity contribution is 5.78. The number of benzene rings is 1. The molecule has 0 radical (unpaired) electrons. The van der Waals surface area contributed by atoms with Gasteiger partial charge in [0.15, 0.2) is 0 Å². The van der Waals surface area contributed by atoms with E-state index in [1.165, 1.54) is 11.4 Å². The van der Waals surface area contributed by atoms with E-state index in [9.17, 15) is 5.11 Å². The van der Waals surface area contributed by atoms with Crippen LogP contribution >= 0.6 is 0 Å². The van der Waals surface area contributed by atoms with Crippen molar-refractivity contribution in [3.8, 4) is 0 Å². The fourth-order valence-corrected chi connectivity index (χ4v) is 2.74. The number of likely N-dealkylation sites (N-methyl/N-ethyl adjacent to an activating group) is 1. The number of rotatable bonds is 3. The molecule has 1 atom stereocenters. The smallest absolute Gasteiger partial charge is 0.0957 e. The Labute approximate surface area is 125 Å². The average Bonchev–Trinajstić information content (AvgIpc) is 2.55. The third-order valence-corrected chi connectivity index (χ3v) is 4.05. The lowest BCUT2D eigenvalue weighted by Crippen LogP contribution is -2.36. The highest BCUT2D eigenvalue weighted by atomic mass is 16.3. The van der Waals surface area contributed by atoms with E-state index in [2.05, 4.69) is 46.1 Å². The molecule has 21 heavy (non-hydrogen) atoms. The minimum Gasteiger partial charge on any atom is -0.387 e. The fourth-order valence-electron chi connectivity index (χ4n) is 2.74. The van der Waals surface area contributed by atoms with Crippen molar-refractivity contribution < 1.29 is 5.11 Å². The first kappa shape index (κ1) is 13.9. The molecule has 2 heterocycles. The van der Waals surface area contributed by atoms with Crippen molar-refractivity contribution in [3.63, 3.8) is 0 Å². The van der Waals surface area contributed by atoms with E-state index in [1.54, 1.807) is 0 Å². The molecule has 0 aliphatic carbocycles. The summed E-state index contributed by atoms with van der Waals surface area (Å²) in [6.07, 6.45) is 2.07. The Kier molecular flexibility index (Phi) is 3.80. The van der Waals surface area contributed by atoms with Gasteiger partial charge in [0, 0.05) is 20.1 Å². The van der Waals surface area contributed by atoms with Gasteiger partial charge in [-0.15, -0.1) is 0 Å². The summed E-state index contributed by atoms with van der Waals surface area (Å²) in [5, 5.41) is 9.84. The Hall–Kier alpha value is -2.07. The van der Waals surface area contributed by atoms with Gasteiger partial charge in [0.25, 0.3) is 0 Å². The van der Waals surface area contributed by atoms with Crippen LogP contribution in [-0.4, -0.2) is 30.2 Å². The lowest BCUT2D eigenvalue weighted by molar-refractivity contribution is 0.169. The molecule has 0 spiro atoms. The van der Waals surface area contributed by atoms with Gasteiger partial charge in [-0.25, -0.2) is 0 Å². The number of hydrogen-bond acceptors (Lipinski definition) is 4. The minimum absolute atomic E-state index is 0.473. The summed E-state index contributed by atoms with van der Waals surface area (Å²) < 4.78 is 0. The number of aliphatic hydroxyl groups excluding tert-OH is 1. The number of fused-ring (bicyclic) bond motifs is 1. The third-order valence-electron chi connectivity index (χ3n) is 4.05. The van der Waals surface area contributed by atoms with Crippen LogP contribution in [0.5, 0.6) is 0 Å². The highest BCUT2D eigenvalue weighted by Crippen LogP contribution is 2.36. The number of hydrogen-bond donors (Lipinski definition) is 1. The van der Waals surface area contributed by atoms with Gasteiger partial charge in [-0.3, -0.25) is 4.98 Å². The van der Waals surface area contributed by atoms with Crippen LogP contribution in [0.2, 0.25) is 0 Å². The number of para-hydroxylation sites is 2. The van der Waals surface area contributed by atoms with Gasteiger partial charge in [0.1, 0.15) is 0 Å². The lowest BCUT2D eigenvalue weighted by Gasteiger charge is -2.36. The SMILES string of the molecule is CCC(O)c1ccc(N2CCN(C)c3ccccc32)cn1. The first-order valence-corrected chi connectivity index (χ1v) is 7.42. The summed E-state index contributed by atoms with van der Waals surface area (Å²) in [6.45, 7) is 3.87. The van der Waals surface area contributed by atoms with Crippen LogP contribution in [0.1, 0.15) is 25.1 Å². The zero-order valence-electron chi connectivity index (χ0n) is 12.5. The highest BCUT2D eigenvalue weighted by Gasteiger charge is 2.21. The number of aliphatic hydroxyl groups is 1. The molecule has 1 N–H and O–H groups in total. The average molecular weight is 283 g/mol. The monoisotopic (exact) mass is 283 g/mol. The molecular weight excluding hydrogens is 262 g/mol. The Morgan fingerprint density at radius 3 is 2.57 bits per heavy atom. The Morgan fingerprint density at radius 2 is 1.90 bits per heavy atom. The van der Waals surface area contributed by atoms with E-state index in [0.29, 0.717) is 6.42 Å². The van der Waals surface area contributed by atoms with E-state index in [-0.39, 0.29) is 0 Å². The molecule has 0 amide bonds. The number of anilines is 3. The summed E-state index contributed by atoms with van der Waals surface area (Å²) in [5.41, 5.74) is 4.25. The summed E-state index contributed by atoms with van der Waals surface area (Å²) in [6, 6.07) is 12.4. The van der Waals surface area contributed by atoms with Crippen molar-refractivity contribution in [2.45, 2.75) is 19.4 Å². The topological polar surface area (TPSA) is 39.6 Å². The molecular formula is C17H21N3O. The molecule has 4 heteroatoms. The molecule has 0 fully saturated rings. The van der Waals surface area contributed by atoms with Crippen LogP contribution in [0.25, 0.3) is 0 Å². The summed E-state index contributed by atoms with van der Waals surface area (Å²) >= 11 is 0. The van der Waals surface area contributed by atoms with Crippen molar-refractivity contribution in [2.75, 3.05) is 29.9 Å². The number of pyridine rings is 1. The van der Waals surface area contributed by atoms with Gasteiger partial charge in [-0.05, 0) is 30.7 Å². The molecule has 110 valence electrons. The molecule has 0 saturated heterocycles. The summed E-state index contributed by atoms with van der Waals surface area (Å²) in [7, 11) is 2.12. The van der Waals surface area contributed by atoms with Crippen molar-refractivity contribution >= 4 is 17.1 Å². The van der Waals surface area contributed by atoms with E-state index in [1.807, 2.05) is 25.3 Å². The van der Waals surface area contributed by atoms with Crippen LogP contribution < -0.4 is 9.80 Å². The van der Waals surface area contributed by atoms with Crippen LogP contribution in [0.15, 0.2) is 42.6 Å². The molecule has 0 saturated carbocycles. The van der Waals surface area contributed by atoms with Crippen molar-refractivity contribution in [2.24, 2.45) is 0 Å². The first-order chi connectivity index (χ1) is 10.2. The second kappa shape index (κ2) is 5.74. The molecule has 1 aliphatic rings. The Balaban J connectivity index is 1.93. The van der Waals surface area contributed by atoms with Crippen LogP contribution in [0, 0.1) is 0 Å². The zero-order chi connectivity index (χ0) is 14.8. The predicted molar refractivity (Wildman–Crippen MR) is 86.2 cm³/mol. The maximum Gasteiger partial charge on any atom is 0.0957 e. The Morgan fingerprint density at radius 1 is 1.14 bits per heavy atom. The van der Waals surface area contributed by atoms with Crippen LogP contribution in [-0.2, 0) is 0 Å². The number of nitrogens with zero attached hydrogens (tertiary/aromatic N) is 3. The van der Waals surface area contributed by atoms with Crippen molar-refractivity contribution in [3.05, 3.63) is 48.3 Å². The van der Waals surface area contributed by atoms with Gasteiger partial charge < -0.3 is 14.9 Å². The van der Waals surface area contributed by atoms with Gasteiger partial charge in [-0.1, -0.05) is 19.1 Å². The zero-order valence-corrected chi connectivity index (χ0v) is 12.5. The molecule has 1 aromatic carbocycles. The van der Waals surface area contributed by atoms with Crippen molar-refractivity contribution in [1.82, 2.24) is 4.98 Å². The molecule has 1 aromatic heterocycles. The largest absolute Gasteiger partial charge is 0.387 e. The fraction of sp³-hybridized carbons (Fsp3) is 0.353.